The number of nitrogens with zero attached hydrogens (tertiary/aromatic N) is 2. The number of fused-ring (bicyclic) bond motifs is 1. The molecule has 1 unspecified atom stereocenters. The van der Waals surface area contributed by atoms with Gasteiger partial charge in [0.25, 0.3) is 5.91 Å². The molecule has 1 aliphatic carbocycles. The number of carbonyl (C=O) groups is 3. The van der Waals surface area contributed by atoms with Crippen molar-refractivity contribution in [3.05, 3.63) is 48.0 Å². The summed E-state index contributed by atoms with van der Waals surface area (Å²) in [5, 5.41) is 5.18. The van der Waals surface area contributed by atoms with Crippen LogP contribution in [0.4, 0.5) is 4.79 Å². The smallest absolute Gasteiger partial charge is 0.327 e. The number of likely N-dealkylation sites (N-methyl/N-ethyl adjacent to an activating group) is 1. The van der Waals surface area contributed by atoms with Gasteiger partial charge in [-0.3, -0.25) is 14.5 Å². The Labute approximate surface area is 170 Å². The van der Waals surface area contributed by atoms with Crippen molar-refractivity contribution < 1.29 is 14.4 Å². The molecular formula is C23H27N3O3. The van der Waals surface area contributed by atoms with Gasteiger partial charge in [0, 0.05) is 7.05 Å². The summed E-state index contributed by atoms with van der Waals surface area (Å²) >= 11 is 0. The van der Waals surface area contributed by atoms with E-state index in [9.17, 15) is 14.4 Å². The molecule has 1 saturated carbocycles. The summed E-state index contributed by atoms with van der Waals surface area (Å²) in [6.45, 7) is 1.67. The van der Waals surface area contributed by atoms with Crippen LogP contribution in [-0.2, 0) is 9.59 Å². The van der Waals surface area contributed by atoms with Crippen molar-refractivity contribution >= 4 is 28.6 Å². The molecule has 4 amide bonds. The molecular weight excluding hydrogens is 366 g/mol. The van der Waals surface area contributed by atoms with Gasteiger partial charge in [-0.25, -0.2) is 4.79 Å². The van der Waals surface area contributed by atoms with Crippen LogP contribution in [0.5, 0.6) is 0 Å². The van der Waals surface area contributed by atoms with Crippen LogP contribution in [-0.4, -0.2) is 46.8 Å². The van der Waals surface area contributed by atoms with E-state index >= 15 is 0 Å². The first-order valence-electron chi connectivity index (χ1n) is 10.3. The minimum Gasteiger partial charge on any atom is -0.348 e. The second kappa shape index (κ2) is 7.50. The average molecular weight is 393 g/mol. The lowest BCUT2D eigenvalue weighted by atomic mass is 9.81. The molecule has 1 spiro atoms. The molecule has 152 valence electrons. The zero-order valence-corrected chi connectivity index (χ0v) is 17.0. The third-order valence-corrected chi connectivity index (χ3v) is 6.44. The molecule has 6 heteroatoms. The molecule has 4 rings (SSSR count). The maximum atomic E-state index is 13.0. The van der Waals surface area contributed by atoms with Crippen molar-refractivity contribution in [1.29, 1.82) is 0 Å². The molecule has 0 aromatic heterocycles. The number of imide groups is 1. The largest absolute Gasteiger partial charge is 0.348 e. The molecule has 2 aliphatic rings. The standard InChI is InChI=1S/C23H27N3O3/c1-16(18-11-10-17-8-4-5-9-19(17)14-18)24-20(27)15-26-21(28)23(25(2)22(26)29)12-6-3-7-13-23/h4-5,8-11,14,16H,3,6-7,12-13,15H2,1-2H3,(H,24,27). The molecule has 1 heterocycles. The van der Waals surface area contributed by atoms with Gasteiger partial charge in [-0.2, -0.15) is 0 Å². The lowest BCUT2D eigenvalue weighted by Crippen LogP contribution is -2.49. The topological polar surface area (TPSA) is 69.7 Å². The van der Waals surface area contributed by atoms with Crippen LogP contribution in [0.3, 0.4) is 0 Å². The van der Waals surface area contributed by atoms with Crippen molar-refractivity contribution in [3.8, 4) is 0 Å². The van der Waals surface area contributed by atoms with Gasteiger partial charge in [0.2, 0.25) is 5.91 Å². The first kappa shape index (κ1) is 19.4. The number of carbonyl (C=O) groups excluding carboxylic acids is 3. The highest BCUT2D eigenvalue weighted by atomic mass is 16.2. The van der Waals surface area contributed by atoms with E-state index in [1.54, 1.807) is 11.9 Å². The van der Waals surface area contributed by atoms with Crippen molar-refractivity contribution in [2.75, 3.05) is 13.6 Å². The summed E-state index contributed by atoms with van der Waals surface area (Å²) in [4.78, 5) is 41.0. The monoisotopic (exact) mass is 393 g/mol. The molecule has 1 N–H and O–H groups in total. The van der Waals surface area contributed by atoms with Crippen LogP contribution in [0.2, 0.25) is 0 Å². The van der Waals surface area contributed by atoms with Gasteiger partial charge in [0.05, 0.1) is 6.04 Å². The van der Waals surface area contributed by atoms with E-state index in [4.69, 9.17) is 0 Å². The van der Waals surface area contributed by atoms with E-state index in [-0.39, 0.29) is 30.4 Å². The van der Waals surface area contributed by atoms with Gasteiger partial charge in [-0.15, -0.1) is 0 Å². The van der Waals surface area contributed by atoms with Crippen molar-refractivity contribution in [2.24, 2.45) is 0 Å². The van der Waals surface area contributed by atoms with E-state index in [1.807, 2.05) is 43.3 Å². The van der Waals surface area contributed by atoms with Crippen LogP contribution >= 0.6 is 0 Å². The van der Waals surface area contributed by atoms with Crippen molar-refractivity contribution in [3.63, 3.8) is 0 Å². The van der Waals surface area contributed by atoms with Crippen molar-refractivity contribution in [2.45, 2.75) is 50.6 Å². The Hall–Kier alpha value is -2.89. The van der Waals surface area contributed by atoms with E-state index in [1.165, 1.54) is 0 Å². The maximum absolute atomic E-state index is 13.0. The quantitative estimate of drug-likeness (QED) is 0.807. The van der Waals surface area contributed by atoms with E-state index in [0.29, 0.717) is 12.8 Å². The Balaban J connectivity index is 1.44. The minimum atomic E-state index is -0.750. The highest BCUT2D eigenvalue weighted by molar-refractivity contribution is 6.09. The van der Waals surface area contributed by atoms with Gasteiger partial charge >= 0.3 is 6.03 Å². The van der Waals surface area contributed by atoms with Crippen LogP contribution in [0.25, 0.3) is 10.8 Å². The van der Waals surface area contributed by atoms with Crippen molar-refractivity contribution in [1.82, 2.24) is 15.1 Å². The van der Waals surface area contributed by atoms with Crippen LogP contribution in [0.15, 0.2) is 42.5 Å². The fourth-order valence-corrected chi connectivity index (χ4v) is 4.66. The molecule has 1 atom stereocenters. The molecule has 1 aliphatic heterocycles. The van der Waals surface area contributed by atoms with Gasteiger partial charge in [0.15, 0.2) is 0 Å². The van der Waals surface area contributed by atoms with Gasteiger partial charge in [-0.1, -0.05) is 55.7 Å². The van der Waals surface area contributed by atoms with Gasteiger partial charge in [0.1, 0.15) is 12.1 Å². The fourth-order valence-electron chi connectivity index (χ4n) is 4.66. The molecule has 2 aromatic carbocycles. The van der Waals surface area contributed by atoms with Crippen LogP contribution < -0.4 is 5.32 Å². The second-order valence-electron chi connectivity index (χ2n) is 8.22. The number of amides is 4. The highest BCUT2D eigenvalue weighted by Crippen LogP contribution is 2.39. The summed E-state index contributed by atoms with van der Waals surface area (Å²) in [7, 11) is 1.68. The lowest BCUT2D eigenvalue weighted by Gasteiger charge is -2.35. The Morgan fingerprint density at radius 2 is 1.76 bits per heavy atom. The zero-order valence-electron chi connectivity index (χ0n) is 17.0. The molecule has 2 fully saturated rings. The predicted octanol–water partition coefficient (Wildman–Crippen LogP) is 3.61. The number of nitrogens with one attached hydrogen (secondary N) is 1. The summed E-state index contributed by atoms with van der Waals surface area (Å²) in [5.41, 5.74) is 0.233. The normalized spacial score (nSPS) is 19.8. The third kappa shape index (κ3) is 3.37. The molecule has 2 aromatic rings. The minimum absolute atomic E-state index is 0.221. The number of urea groups is 1. The Bertz CT molecular complexity index is 965. The van der Waals surface area contributed by atoms with Gasteiger partial charge < -0.3 is 10.2 Å². The molecule has 29 heavy (non-hydrogen) atoms. The summed E-state index contributed by atoms with van der Waals surface area (Å²) in [6.07, 6.45) is 4.31. The van der Waals surface area contributed by atoms with Crippen LogP contribution in [0.1, 0.15) is 50.6 Å². The number of benzene rings is 2. The highest BCUT2D eigenvalue weighted by Gasteiger charge is 2.55. The lowest BCUT2D eigenvalue weighted by molar-refractivity contribution is -0.137. The number of hydrogen-bond acceptors (Lipinski definition) is 3. The van der Waals surface area contributed by atoms with Crippen LogP contribution in [0, 0.1) is 0 Å². The maximum Gasteiger partial charge on any atom is 0.327 e. The van der Waals surface area contributed by atoms with E-state index in [2.05, 4.69) is 11.4 Å². The van der Waals surface area contributed by atoms with E-state index < -0.39 is 5.54 Å². The Kier molecular flexibility index (Phi) is 5.03. The number of hydrogen-bond donors (Lipinski definition) is 1. The average Bonchev–Trinajstić information content (AvgIpc) is 2.90. The SMILES string of the molecule is CC(NC(=O)CN1C(=O)N(C)C2(CCCCC2)C1=O)c1ccc2ccccc2c1. The zero-order chi connectivity index (χ0) is 20.6. The predicted molar refractivity (Wildman–Crippen MR) is 111 cm³/mol. The Morgan fingerprint density at radius 3 is 2.48 bits per heavy atom. The summed E-state index contributed by atoms with van der Waals surface area (Å²) in [5.74, 6) is -0.549. The second-order valence-corrected chi connectivity index (χ2v) is 8.22. The van der Waals surface area contributed by atoms with Gasteiger partial charge in [-0.05, 0) is 42.2 Å². The molecule has 0 radical (unpaired) electrons. The number of rotatable bonds is 4. The molecule has 6 nitrogen and oxygen atoms in total. The first-order chi connectivity index (χ1) is 13.9. The first-order valence-corrected chi connectivity index (χ1v) is 10.3. The fraction of sp³-hybridized carbons (Fsp3) is 0.435. The third-order valence-electron chi connectivity index (χ3n) is 6.44. The van der Waals surface area contributed by atoms with E-state index in [0.717, 1.165) is 40.5 Å². The molecule has 1 saturated heterocycles. The molecule has 0 bridgehead atoms. The summed E-state index contributed by atoms with van der Waals surface area (Å²) in [6, 6.07) is 13.5. The summed E-state index contributed by atoms with van der Waals surface area (Å²) < 4.78 is 0. The Morgan fingerprint density at radius 1 is 1.07 bits per heavy atom.